The maximum absolute atomic E-state index is 12.3. The number of thiol groups is 1. The molecule has 116 valence electrons. The molecule has 0 radical (unpaired) electrons. The minimum Gasteiger partial charge on any atom is -0.494 e. The van der Waals surface area contributed by atoms with E-state index in [1.807, 2.05) is 54.6 Å². The predicted octanol–water partition coefficient (Wildman–Crippen LogP) is 4.79. The lowest BCUT2D eigenvalue weighted by Crippen LogP contribution is -2.01. The number of rotatable bonds is 9. The summed E-state index contributed by atoms with van der Waals surface area (Å²) in [5.41, 5.74) is 1.40. The van der Waals surface area contributed by atoms with Crippen molar-refractivity contribution >= 4 is 18.4 Å². The Bertz CT molecular complexity index is 564. The van der Waals surface area contributed by atoms with Gasteiger partial charge < -0.3 is 4.74 Å². The average Bonchev–Trinajstić information content (AvgIpc) is 2.59. The Labute approximate surface area is 137 Å². The van der Waals surface area contributed by atoms with Gasteiger partial charge in [-0.05, 0) is 42.9 Å². The van der Waals surface area contributed by atoms with Crippen molar-refractivity contribution in [3.05, 3.63) is 65.7 Å². The maximum atomic E-state index is 12.3. The largest absolute Gasteiger partial charge is 0.494 e. The highest BCUT2D eigenvalue weighted by Crippen LogP contribution is 2.16. The standard InChI is InChI=1S/C19H22O2S/c20-19(16-8-4-3-5-9-16)17-10-12-18(13-11-17)21-14-6-1-2-7-15-22/h3-5,8-13,22H,1-2,6-7,14-15H2. The zero-order chi connectivity index (χ0) is 15.6. The van der Waals surface area contributed by atoms with Crippen LogP contribution in [0, 0.1) is 0 Å². The van der Waals surface area contributed by atoms with Crippen LogP contribution in [0.15, 0.2) is 54.6 Å². The van der Waals surface area contributed by atoms with Crippen LogP contribution in [0.3, 0.4) is 0 Å². The van der Waals surface area contributed by atoms with E-state index in [1.54, 1.807) is 0 Å². The van der Waals surface area contributed by atoms with Crippen LogP contribution < -0.4 is 4.74 Å². The monoisotopic (exact) mass is 314 g/mol. The molecule has 2 aromatic rings. The van der Waals surface area contributed by atoms with E-state index in [9.17, 15) is 4.79 Å². The second-order valence-electron chi connectivity index (χ2n) is 5.21. The molecule has 0 fully saturated rings. The summed E-state index contributed by atoms with van der Waals surface area (Å²) in [5.74, 6) is 1.82. The van der Waals surface area contributed by atoms with E-state index in [1.165, 1.54) is 19.3 Å². The Morgan fingerprint density at radius 1 is 0.818 bits per heavy atom. The Morgan fingerprint density at radius 2 is 1.45 bits per heavy atom. The number of benzene rings is 2. The van der Waals surface area contributed by atoms with Gasteiger partial charge >= 0.3 is 0 Å². The van der Waals surface area contributed by atoms with Crippen LogP contribution in [0.25, 0.3) is 0 Å². The molecular formula is C19H22O2S. The number of ether oxygens (including phenoxy) is 1. The molecule has 0 amide bonds. The number of ketones is 1. The third-order valence-corrected chi connectivity index (χ3v) is 3.79. The molecule has 0 N–H and O–H groups in total. The lowest BCUT2D eigenvalue weighted by atomic mass is 10.0. The van der Waals surface area contributed by atoms with E-state index in [-0.39, 0.29) is 5.78 Å². The van der Waals surface area contributed by atoms with Gasteiger partial charge in [0, 0.05) is 11.1 Å². The lowest BCUT2D eigenvalue weighted by Gasteiger charge is -2.07. The molecule has 0 heterocycles. The SMILES string of the molecule is O=C(c1ccccc1)c1ccc(OCCCCCCS)cc1. The zero-order valence-corrected chi connectivity index (χ0v) is 13.6. The minimum absolute atomic E-state index is 0.0407. The first-order valence-corrected chi connectivity index (χ1v) is 8.38. The van der Waals surface area contributed by atoms with Gasteiger partial charge in [0.25, 0.3) is 0 Å². The van der Waals surface area contributed by atoms with Crippen LogP contribution in [0.5, 0.6) is 5.75 Å². The van der Waals surface area contributed by atoms with E-state index in [4.69, 9.17) is 4.74 Å². The van der Waals surface area contributed by atoms with Crippen LogP contribution in [-0.2, 0) is 0 Å². The third-order valence-electron chi connectivity index (χ3n) is 3.47. The maximum Gasteiger partial charge on any atom is 0.193 e. The molecule has 0 aliphatic carbocycles. The second-order valence-corrected chi connectivity index (χ2v) is 5.65. The Hall–Kier alpha value is -1.74. The first-order chi connectivity index (χ1) is 10.8. The zero-order valence-electron chi connectivity index (χ0n) is 12.7. The van der Waals surface area contributed by atoms with Crippen LogP contribution in [0.2, 0.25) is 0 Å². The molecule has 2 nitrogen and oxygen atoms in total. The Morgan fingerprint density at radius 3 is 2.14 bits per heavy atom. The molecule has 0 saturated heterocycles. The molecule has 0 aliphatic heterocycles. The summed E-state index contributed by atoms with van der Waals surface area (Å²) in [6, 6.07) is 16.7. The molecular weight excluding hydrogens is 292 g/mol. The minimum atomic E-state index is 0.0407. The van der Waals surface area contributed by atoms with E-state index in [0.29, 0.717) is 11.1 Å². The van der Waals surface area contributed by atoms with Gasteiger partial charge in [0.2, 0.25) is 0 Å². The smallest absolute Gasteiger partial charge is 0.193 e. The van der Waals surface area contributed by atoms with Crippen molar-refractivity contribution in [1.82, 2.24) is 0 Å². The average molecular weight is 314 g/mol. The number of hydrogen-bond acceptors (Lipinski definition) is 3. The molecule has 0 saturated carbocycles. The summed E-state index contributed by atoms with van der Waals surface area (Å²) in [7, 11) is 0. The van der Waals surface area contributed by atoms with Crippen molar-refractivity contribution < 1.29 is 9.53 Å². The topological polar surface area (TPSA) is 26.3 Å². The Kier molecular flexibility index (Phi) is 7.04. The van der Waals surface area contributed by atoms with Crippen molar-refractivity contribution in [2.45, 2.75) is 25.7 Å². The summed E-state index contributed by atoms with van der Waals surface area (Å²) in [6.45, 7) is 0.721. The fourth-order valence-corrected chi connectivity index (χ4v) is 2.44. The highest BCUT2D eigenvalue weighted by Gasteiger charge is 2.08. The van der Waals surface area contributed by atoms with Gasteiger partial charge in [0.1, 0.15) is 5.75 Å². The van der Waals surface area contributed by atoms with Gasteiger partial charge in [-0.3, -0.25) is 4.79 Å². The van der Waals surface area contributed by atoms with Gasteiger partial charge in [0.05, 0.1) is 6.61 Å². The fourth-order valence-electron chi connectivity index (χ4n) is 2.22. The van der Waals surface area contributed by atoms with Gasteiger partial charge in [0.15, 0.2) is 5.78 Å². The second kappa shape index (κ2) is 9.31. The molecule has 2 rings (SSSR count). The van der Waals surface area contributed by atoms with Crippen LogP contribution in [-0.4, -0.2) is 18.1 Å². The number of carbonyl (C=O) groups is 1. The third kappa shape index (κ3) is 5.23. The van der Waals surface area contributed by atoms with Crippen LogP contribution >= 0.6 is 12.6 Å². The molecule has 2 aromatic carbocycles. The molecule has 0 unspecified atom stereocenters. The van der Waals surface area contributed by atoms with Crippen molar-refractivity contribution in [3.63, 3.8) is 0 Å². The molecule has 22 heavy (non-hydrogen) atoms. The summed E-state index contributed by atoms with van der Waals surface area (Å²) in [5, 5.41) is 0. The first-order valence-electron chi connectivity index (χ1n) is 7.75. The quantitative estimate of drug-likeness (QED) is 0.409. The van der Waals surface area contributed by atoms with E-state index >= 15 is 0 Å². The fraction of sp³-hybridized carbons (Fsp3) is 0.316. The summed E-state index contributed by atoms with van der Waals surface area (Å²) < 4.78 is 5.70. The predicted molar refractivity (Wildman–Crippen MR) is 94.1 cm³/mol. The molecule has 0 bridgehead atoms. The molecule has 3 heteroatoms. The van der Waals surface area contributed by atoms with Crippen molar-refractivity contribution in [2.24, 2.45) is 0 Å². The molecule has 0 aromatic heterocycles. The highest BCUT2D eigenvalue weighted by atomic mass is 32.1. The van der Waals surface area contributed by atoms with Gasteiger partial charge in [-0.1, -0.05) is 43.2 Å². The van der Waals surface area contributed by atoms with Crippen molar-refractivity contribution in [3.8, 4) is 5.75 Å². The normalized spacial score (nSPS) is 10.4. The number of hydrogen-bond donors (Lipinski definition) is 1. The summed E-state index contributed by atoms with van der Waals surface area (Å²) in [6.07, 6.45) is 4.60. The Balaban J connectivity index is 1.82. The van der Waals surface area contributed by atoms with Crippen molar-refractivity contribution in [1.29, 1.82) is 0 Å². The number of unbranched alkanes of at least 4 members (excludes halogenated alkanes) is 3. The molecule has 0 atom stereocenters. The van der Waals surface area contributed by atoms with Crippen LogP contribution in [0.1, 0.15) is 41.6 Å². The van der Waals surface area contributed by atoms with E-state index in [0.717, 1.165) is 24.5 Å². The van der Waals surface area contributed by atoms with E-state index < -0.39 is 0 Å². The number of carbonyl (C=O) groups excluding carboxylic acids is 1. The summed E-state index contributed by atoms with van der Waals surface area (Å²) in [4.78, 5) is 12.3. The lowest BCUT2D eigenvalue weighted by molar-refractivity contribution is 0.103. The van der Waals surface area contributed by atoms with E-state index in [2.05, 4.69) is 12.6 Å². The van der Waals surface area contributed by atoms with Gasteiger partial charge in [-0.15, -0.1) is 0 Å². The van der Waals surface area contributed by atoms with Gasteiger partial charge in [-0.2, -0.15) is 12.6 Å². The van der Waals surface area contributed by atoms with Crippen molar-refractivity contribution in [2.75, 3.05) is 12.4 Å². The molecule has 0 spiro atoms. The summed E-state index contributed by atoms with van der Waals surface area (Å²) >= 11 is 4.20. The molecule has 0 aliphatic rings. The highest BCUT2D eigenvalue weighted by molar-refractivity contribution is 7.80. The first kappa shape index (κ1) is 16.6. The van der Waals surface area contributed by atoms with Crippen LogP contribution in [0.4, 0.5) is 0 Å². The van der Waals surface area contributed by atoms with Gasteiger partial charge in [-0.25, -0.2) is 0 Å².